The molecule has 0 saturated heterocycles. The lowest BCUT2D eigenvalue weighted by atomic mass is 9.96. The largest absolute Gasteiger partial charge is 0.457 e. The van der Waals surface area contributed by atoms with Crippen LogP contribution in [0.2, 0.25) is 19.6 Å². The molecule has 0 radical (unpaired) electrons. The summed E-state index contributed by atoms with van der Waals surface area (Å²) in [5.74, 6) is 3.00. The average molecular weight is 332 g/mol. The Kier molecular flexibility index (Phi) is 4.42. The van der Waals surface area contributed by atoms with E-state index in [1.807, 2.05) is 54.6 Å². The summed E-state index contributed by atoms with van der Waals surface area (Å²) < 4.78 is 5.27. The van der Waals surface area contributed by atoms with Crippen molar-refractivity contribution in [1.29, 1.82) is 0 Å². The molecule has 24 heavy (non-hydrogen) atoms. The minimum absolute atomic E-state index is 0.251. The number of hydrogen-bond donors (Lipinski definition) is 0. The summed E-state index contributed by atoms with van der Waals surface area (Å²) >= 11 is 0. The second kappa shape index (κ2) is 6.50. The quantitative estimate of drug-likeness (QED) is 0.463. The van der Waals surface area contributed by atoms with Crippen LogP contribution in [0.3, 0.4) is 0 Å². The molecule has 1 aliphatic heterocycles. The highest BCUT2D eigenvalue weighted by molar-refractivity contribution is 6.83. The molecule has 0 unspecified atom stereocenters. The molecule has 120 valence electrons. The first-order valence-corrected chi connectivity index (χ1v) is 11.5. The Bertz CT molecular complexity index is 845. The van der Waals surface area contributed by atoms with Gasteiger partial charge in [-0.1, -0.05) is 68.0 Å². The van der Waals surface area contributed by atoms with E-state index in [2.05, 4.69) is 31.1 Å². The van der Waals surface area contributed by atoms with E-state index in [0.717, 1.165) is 22.3 Å². The SMILES string of the molecule is C[Si](C)(C)C#Cc1ccc(C2=C(c3ccccc3)C(=O)OC2)cc1. The van der Waals surface area contributed by atoms with Crippen molar-refractivity contribution >= 4 is 25.2 Å². The Hall–Kier alpha value is -2.57. The van der Waals surface area contributed by atoms with Crippen molar-refractivity contribution < 1.29 is 9.53 Å². The van der Waals surface area contributed by atoms with Gasteiger partial charge in [-0.2, -0.15) is 0 Å². The van der Waals surface area contributed by atoms with Crippen molar-refractivity contribution in [2.45, 2.75) is 19.6 Å². The normalized spacial score (nSPS) is 14.2. The number of carbonyl (C=O) groups excluding carboxylic acids is 1. The van der Waals surface area contributed by atoms with Crippen LogP contribution in [0.1, 0.15) is 16.7 Å². The molecule has 0 fully saturated rings. The highest BCUT2D eigenvalue weighted by Gasteiger charge is 2.26. The van der Waals surface area contributed by atoms with E-state index in [-0.39, 0.29) is 5.97 Å². The fourth-order valence-corrected chi connectivity index (χ4v) is 3.06. The van der Waals surface area contributed by atoms with Gasteiger partial charge in [0.25, 0.3) is 0 Å². The van der Waals surface area contributed by atoms with Gasteiger partial charge in [0.2, 0.25) is 0 Å². The Labute approximate surface area is 144 Å². The van der Waals surface area contributed by atoms with Crippen LogP contribution in [-0.4, -0.2) is 20.7 Å². The number of ether oxygens (including phenoxy) is 1. The van der Waals surface area contributed by atoms with Crippen molar-refractivity contribution in [3.05, 3.63) is 71.3 Å². The van der Waals surface area contributed by atoms with E-state index in [1.165, 1.54) is 0 Å². The van der Waals surface area contributed by atoms with Gasteiger partial charge in [0.05, 0.1) is 5.57 Å². The molecule has 0 N–H and O–H groups in total. The second-order valence-electron chi connectivity index (χ2n) is 6.87. The van der Waals surface area contributed by atoms with Crippen LogP contribution in [-0.2, 0) is 9.53 Å². The Morgan fingerprint density at radius 2 is 1.58 bits per heavy atom. The molecule has 2 aromatic carbocycles. The van der Waals surface area contributed by atoms with Crippen LogP contribution in [0.15, 0.2) is 54.6 Å². The Morgan fingerprint density at radius 3 is 2.21 bits per heavy atom. The molecule has 0 aliphatic carbocycles. The molecule has 1 aliphatic rings. The van der Waals surface area contributed by atoms with Crippen molar-refractivity contribution in [1.82, 2.24) is 0 Å². The van der Waals surface area contributed by atoms with Gasteiger partial charge in [0.15, 0.2) is 0 Å². The van der Waals surface area contributed by atoms with Crippen molar-refractivity contribution in [3.8, 4) is 11.5 Å². The predicted octanol–water partition coefficient (Wildman–Crippen LogP) is 4.38. The van der Waals surface area contributed by atoms with Gasteiger partial charge in [-0.15, -0.1) is 5.54 Å². The number of carbonyl (C=O) groups is 1. The second-order valence-corrected chi connectivity index (χ2v) is 11.6. The van der Waals surface area contributed by atoms with Gasteiger partial charge < -0.3 is 4.74 Å². The molecule has 2 nitrogen and oxygen atoms in total. The smallest absolute Gasteiger partial charge is 0.339 e. The van der Waals surface area contributed by atoms with Crippen LogP contribution >= 0.6 is 0 Å². The molecule has 0 amide bonds. The molecule has 3 rings (SSSR count). The lowest BCUT2D eigenvalue weighted by molar-refractivity contribution is -0.133. The molecule has 0 atom stereocenters. The zero-order valence-electron chi connectivity index (χ0n) is 14.2. The number of benzene rings is 2. The summed E-state index contributed by atoms with van der Waals surface area (Å²) in [4.78, 5) is 12.1. The minimum atomic E-state index is -1.38. The number of esters is 1. The fourth-order valence-electron chi connectivity index (χ4n) is 2.54. The molecule has 0 aromatic heterocycles. The summed E-state index contributed by atoms with van der Waals surface area (Å²) in [6.07, 6.45) is 0. The van der Waals surface area contributed by atoms with Crippen LogP contribution in [0.25, 0.3) is 11.1 Å². The van der Waals surface area contributed by atoms with Crippen LogP contribution in [0.4, 0.5) is 0 Å². The Morgan fingerprint density at radius 1 is 0.917 bits per heavy atom. The zero-order valence-corrected chi connectivity index (χ0v) is 15.2. The topological polar surface area (TPSA) is 26.3 Å². The maximum absolute atomic E-state index is 12.1. The van der Waals surface area contributed by atoms with E-state index >= 15 is 0 Å². The Balaban J connectivity index is 1.97. The van der Waals surface area contributed by atoms with Gasteiger partial charge >= 0.3 is 5.97 Å². The first-order chi connectivity index (χ1) is 11.4. The highest BCUT2D eigenvalue weighted by Crippen LogP contribution is 2.32. The van der Waals surface area contributed by atoms with Crippen molar-refractivity contribution in [2.75, 3.05) is 6.61 Å². The van der Waals surface area contributed by atoms with Crippen LogP contribution in [0.5, 0.6) is 0 Å². The van der Waals surface area contributed by atoms with E-state index < -0.39 is 8.07 Å². The highest BCUT2D eigenvalue weighted by atomic mass is 28.3. The molecule has 1 heterocycles. The summed E-state index contributed by atoms with van der Waals surface area (Å²) in [6, 6.07) is 17.8. The molecule has 2 aromatic rings. The lowest BCUT2D eigenvalue weighted by Gasteiger charge is -2.05. The van der Waals surface area contributed by atoms with Crippen molar-refractivity contribution in [3.63, 3.8) is 0 Å². The molecular weight excluding hydrogens is 312 g/mol. The third-order valence-corrected chi connectivity index (χ3v) is 4.61. The summed E-state index contributed by atoms with van der Waals surface area (Å²) in [5, 5.41) is 0. The van der Waals surface area contributed by atoms with Gasteiger partial charge in [-0.25, -0.2) is 4.79 Å². The van der Waals surface area contributed by atoms with Crippen LogP contribution < -0.4 is 0 Å². The first kappa shape index (κ1) is 16.3. The minimum Gasteiger partial charge on any atom is -0.457 e. The van der Waals surface area contributed by atoms with E-state index in [0.29, 0.717) is 12.2 Å². The summed E-state index contributed by atoms with van der Waals surface area (Å²) in [5.41, 5.74) is 7.89. The van der Waals surface area contributed by atoms with Crippen LogP contribution in [0, 0.1) is 11.5 Å². The average Bonchev–Trinajstić information content (AvgIpc) is 2.95. The third-order valence-electron chi connectivity index (χ3n) is 3.73. The fraction of sp³-hybridized carbons (Fsp3) is 0.190. The van der Waals surface area contributed by atoms with Crippen molar-refractivity contribution in [2.24, 2.45) is 0 Å². The van der Waals surface area contributed by atoms with Gasteiger partial charge in [-0.3, -0.25) is 0 Å². The molecule has 0 saturated carbocycles. The van der Waals surface area contributed by atoms with Gasteiger partial charge in [0, 0.05) is 11.1 Å². The summed E-state index contributed by atoms with van der Waals surface area (Å²) in [6.45, 7) is 7.01. The predicted molar refractivity (Wildman–Crippen MR) is 101 cm³/mol. The zero-order chi connectivity index (χ0) is 17.2. The molecule has 0 spiro atoms. The molecule has 0 bridgehead atoms. The number of rotatable bonds is 2. The summed E-state index contributed by atoms with van der Waals surface area (Å²) in [7, 11) is -1.38. The number of hydrogen-bond acceptors (Lipinski definition) is 2. The van der Waals surface area contributed by atoms with E-state index in [4.69, 9.17) is 4.74 Å². The molecule has 3 heteroatoms. The number of cyclic esters (lactones) is 1. The third kappa shape index (κ3) is 3.66. The standard InChI is InChI=1S/C21H20O2Si/c1-24(2,3)14-13-16-9-11-17(12-10-16)19-15-23-21(22)20(19)18-7-5-4-6-8-18/h4-12H,15H2,1-3H3. The van der Waals surface area contributed by atoms with E-state index in [9.17, 15) is 4.79 Å². The first-order valence-electron chi connectivity index (χ1n) is 8.03. The van der Waals surface area contributed by atoms with E-state index in [1.54, 1.807) is 0 Å². The van der Waals surface area contributed by atoms with Gasteiger partial charge in [-0.05, 0) is 23.3 Å². The monoisotopic (exact) mass is 332 g/mol. The maximum Gasteiger partial charge on any atom is 0.339 e. The molecular formula is C21H20O2Si. The van der Waals surface area contributed by atoms with Gasteiger partial charge in [0.1, 0.15) is 14.7 Å². The lowest BCUT2D eigenvalue weighted by Crippen LogP contribution is -2.16. The maximum atomic E-state index is 12.1.